The van der Waals surface area contributed by atoms with Crippen LogP contribution in [-0.4, -0.2) is 89.4 Å². The molecule has 0 bridgehead atoms. The lowest BCUT2D eigenvalue weighted by atomic mass is 9.98. The topological polar surface area (TPSA) is 191 Å². The van der Waals surface area contributed by atoms with Crippen molar-refractivity contribution in [2.75, 3.05) is 20.2 Å². The molecule has 0 fully saturated rings. The second-order valence-corrected chi connectivity index (χ2v) is 12.8. The van der Waals surface area contributed by atoms with Gasteiger partial charge in [0.05, 0.1) is 18.7 Å². The summed E-state index contributed by atoms with van der Waals surface area (Å²) < 4.78 is 13.3. The summed E-state index contributed by atoms with van der Waals surface area (Å²) in [5.41, 5.74) is 8.45. The van der Waals surface area contributed by atoms with Gasteiger partial charge in [-0.25, -0.2) is 4.39 Å². The van der Waals surface area contributed by atoms with Crippen molar-refractivity contribution >= 4 is 40.7 Å². The number of aliphatic hydroxyl groups excluding tert-OH is 1. The summed E-state index contributed by atoms with van der Waals surface area (Å²) in [5, 5.41) is 29.2. The summed E-state index contributed by atoms with van der Waals surface area (Å²) in [5.74, 6) is -2.55. The first-order valence-electron chi connectivity index (χ1n) is 17.4. The lowest BCUT2D eigenvalue weighted by Crippen LogP contribution is -2.54. The van der Waals surface area contributed by atoms with Crippen molar-refractivity contribution < 1.29 is 38.6 Å². The van der Waals surface area contributed by atoms with Crippen LogP contribution in [0.5, 0.6) is 5.75 Å². The smallest absolute Gasteiger partial charge is 0.244 e. The van der Waals surface area contributed by atoms with E-state index in [1.165, 1.54) is 36.2 Å². The van der Waals surface area contributed by atoms with Gasteiger partial charge < -0.3 is 36.8 Å². The van der Waals surface area contributed by atoms with Crippen LogP contribution in [0, 0.1) is 5.82 Å². The van der Waals surface area contributed by atoms with Crippen molar-refractivity contribution in [2.45, 2.75) is 62.7 Å². The van der Waals surface area contributed by atoms with Gasteiger partial charge in [-0.05, 0) is 77.4 Å². The molecule has 0 aliphatic rings. The quantitative estimate of drug-likeness (QED) is 0.0793. The molecule has 0 saturated carbocycles. The molecule has 279 valence electrons. The highest BCUT2D eigenvalue weighted by Gasteiger charge is 2.29. The van der Waals surface area contributed by atoms with E-state index in [1.54, 1.807) is 30.6 Å². The number of hydrogen-bond donors (Lipinski definition) is 6. The fourth-order valence-electron chi connectivity index (χ4n) is 5.86. The van der Waals surface area contributed by atoms with Gasteiger partial charge in [0.15, 0.2) is 0 Å². The van der Waals surface area contributed by atoms with E-state index in [9.17, 15) is 38.6 Å². The Morgan fingerprint density at radius 3 is 2.23 bits per heavy atom. The SMILES string of the molecule is CN(C(=O)CCc1ccc(F)cc1)[C@@H](Cc1ccc(O)cc1)C(=O)N[C@@H]([C]=O)CCCNC(=O)[C@H](CO)NC(=O)[C@@H](N)Cc1cccc2ccccc12. The number of rotatable bonds is 19. The zero-order valence-corrected chi connectivity index (χ0v) is 29.5. The van der Waals surface area contributed by atoms with Crippen LogP contribution >= 0.6 is 0 Å². The minimum absolute atomic E-state index is 0.0364. The van der Waals surface area contributed by atoms with Gasteiger partial charge in [0, 0.05) is 26.4 Å². The average Bonchev–Trinajstić information content (AvgIpc) is 3.17. The Labute approximate surface area is 307 Å². The molecule has 0 aliphatic heterocycles. The van der Waals surface area contributed by atoms with Crippen LogP contribution in [0.1, 0.15) is 36.0 Å². The van der Waals surface area contributed by atoms with E-state index in [-0.39, 0.29) is 56.1 Å². The lowest BCUT2D eigenvalue weighted by Gasteiger charge is -2.28. The van der Waals surface area contributed by atoms with Crippen LogP contribution < -0.4 is 21.7 Å². The van der Waals surface area contributed by atoms with Gasteiger partial charge in [0.1, 0.15) is 23.7 Å². The van der Waals surface area contributed by atoms with E-state index in [0.717, 1.165) is 21.9 Å². The second kappa shape index (κ2) is 19.8. The van der Waals surface area contributed by atoms with Crippen molar-refractivity contribution in [3.05, 3.63) is 114 Å². The van der Waals surface area contributed by atoms with Crippen molar-refractivity contribution in [2.24, 2.45) is 5.73 Å². The minimum atomic E-state index is -1.26. The molecule has 0 spiro atoms. The molecule has 0 aliphatic carbocycles. The standard InChI is InChI=1S/C40H45FN5O7/c1-46(37(50)20-15-26-11-16-30(41)17-12-26)36(22-27-13-18-32(49)19-14-27)40(53)44-31(24-47)9-5-21-43-39(52)35(25-48)45-38(51)34(42)23-29-8-4-7-28-6-2-3-10-33(28)29/h2-4,6-8,10-14,16-19,31,34-36,48-49H,5,9,15,20-23,25,42H2,1H3,(H,43,52)(H,44,53)(H,45,51)/t31-,34+,35+,36+/m1/s1. The average molecular weight is 727 g/mol. The number of aromatic hydroxyl groups is 1. The van der Waals surface area contributed by atoms with Crippen LogP contribution in [0.3, 0.4) is 0 Å². The summed E-state index contributed by atoms with van der Waals surface area (Å²) in [6, 6.07) is 21.1. The number of nitrogens with zero attached hydrogens (tertiary/aromatic N) is 1. The number of phenolic OH excluding ortho intramolecular Hbond substituents is 1. The number of fused-ring (bicyclic) bond motifs is 1. The van der Waals surface area contributed by atoms with Gasteiger partial charge in [0.25, 0.3) is 0 Å². The van der Waals surface area contributed by atoms with Crippen LogP contribution in [0.4, 0.5) is 4.39 Å². The summed E-state index contributed by atoms with van der Waals surface area (Å²) in [4.78, 5) is 65.5. The maximum absolute atomic E-state index is 13.5. The number of nitrogens with two attached hydrogens (primary N) is 1. The Morgan fingerprint density at radius 2 is 1.53 bits per heavy atom. The first-order valence-corrected chi connectivity index (χ1v) is 17.4. The fraction of sp³-hybridized carbons (Fsp3) is 0.325. The third-order valence-corrected chi connectivity index (χ3v) is 8.97. The molecule has 1 radical (unpaired) electrons. The fourth-order valence-corrected chi connectivity index (χ4v) is 5.86. The van der Waals surface area contributed by atoms with Crippen LogP contribution in [0.15, 0.2) is 91.0 Å². The molecule has 4 aromatic rings. The molecule has 4 atom stereocenters. The zero-order valence-electron chi connectivity index (χ0n) is 29.5. The normalized spacial score (nSPS) is 13.3. The van der Waals surface area contributed by atoms with Crippen LogP contribution in [0.25, 0.3) is 10.8 Å². The van der Waals surface area contributed by atoms with Crippen molar-refractivity contribution in [1.82, 2.24) is 20.9 Å². The number of hydrogen-bond acceptors (Lipinski definition) is 8. The number of aryl methyl sites for hydroxylation is 1. The number of phenols is 1. The third kappa shape index (κ3) is 11.9. The number of likely N-dealkylation sites (N-methyl/N-ethyl adjacent to an activating group) is 1. The molecule has 53 heavy (non-hydrogen) atoms. The second-order valence-electron chi connectivity index (χ2n) is 12.8. The molecule has 0 saturated heterocycles. The van der Waals surface area contributed by atoms with Crippen molar-refractivity contribution in [3.8, 4) is 5.75 Å². The van der Waals surface area contributed by atoms with Crippen molar-refractivity contribution in [1.29, 1.82) is 0 Å². The zero-order chi connectivity index (χ0) is 38.3. The summed E-state index contributed by atoms with van der Waals surface area (Å²) in [6.07, 6.45) is 2.81. The number of nitrogens with one attached hydrogen (secondary N) is 3. The highest BCUT2D eigenvalue weighted by atomic mass is 19.1. The monoisotopic (exact) mass is 726 g/mol. The van der Waals surface area contributed by atoms with Gasteiger partial charge in [-0.15, -0.1) is 0 Å². The first kappa shape index (κ1) is 40.1. The van der Waals surface area contributed by atoms with Crippen molar-refractivity contribution in [3.63, 3.8) is 0 Å². The highest BCUT2D eigenvalue weighted by molar-refractivity contribution is 5.91. The molecule has 0 unspecified atom stereocenters. The predicted octanol–water partition coefficient (Wildman–Crippen LogP) is 2.22. The highest BCUT2D eigenvalue weighted by Crippen LogP contribution is 2.20. The summed E-state index contributed by atoms with van der Waals surface area (Å²) >= 11 is 0. The minimum Gasteiger partial charge on any atom is -0.508 e. The molecule has 0 heterocycles. The predicted molar refractivity (Wildman–Crippen MR) is 198 cm³/mol. The van der Waals surface area contributed by atoms with Gasteiger partial charge in [-0.1, -0.05) is 66.7 Å². The molecule has 13 heteroatoms. The molecule has 12 nitrogen and oxygen atoms in total. The summed E-state index contributed by atoms with van der Waals surface area (Å²) in [7, 11) is 1.49. The Balaban J connectivity index is 1.28. The number of halogens is 1. The Morgan fingerprint density at radius 1 is 0.849 bits per heavy atom. The molecule has 4 amide bonds. The Hall–Kier alpha value is -5.66. The van der Waals surface area contributed by atoms with Gasteiger partial charge in [-0.2, -0.15) is 0 Å². The maximum atomic E-state index is 13.5. The number of carbonyl (C=O) groups excluding carboxylic acids is 5. The van der Waals surface area contributed by atoms with Gasteiger partial charge in [0.2, 0.25) is 29.9 Å². The number of benzene rings is 4. The molecule has 0 aromatic heterocycles. The number of amides is 4. The molecular weight excluding hydrogens is 681 g/mol. The maximum Gasteiger partial charge on any atom is 0.244 e. The first-order chi connectivity index (χ1) is 25.5. The van der Waals surface area contributed by atoms with E-state index < -0.39 is 48.5 Å². The molecular formula is C40H45FN5O7. The van der Waals surface area contributed by atoms with Crippen LogP contribution in [-0.2, 0) is 43.2 Å². The number of aliphatic hydroxyl groups is 1. The Bertz CT molecular complexity index is 1850. The largest absolute Gasteiger partial charge is 0.508 e. The third-order valence-electron chi connectivity index (χ3n) is 8.97. The summed E-state index contributed by atoms with van der Waals surface area (Å²) in [6.45, 7) is -0.613. The van der Waals surface area contributed by atoms with E-state index in [1.807, 2.05) is 42.5 Å². The van der Waals surface area contributed by atoms with Gasteiger partial charge in [-0.3, -0.25) is 24.0 Å². The number of carbonyl (C=O) groups is 4. The molecule has 4 aromatic carbocycles. The lowest BCUT2D eigenvalue weighted by molar-refractivity contribution is -0.139. The van der Waals surface area contributed by atoms with E-state index in [2.05, 4.69) is 16.0 Å². The molecule has 4 rings (SSSR count). The Kier molecular flexibility index (Phi) is 15.0. The van der Waals surface area contributed by atoms with E-state index in [0.29, 0.717) is 12.0 Å². The van der Waals surface area contributed by atoms with E-state index in [4.69, 9.17) is 5.73 Å². The van der Waals surface area contributed by atoms with Crippen LogP contribution in [0.2, 0.25) is 0 Å². The van der Waals surface area contributed by atoms with E-state index >= 15 is 0 Å². The molecule has 7 N–H and O–H groups in total. The van der Waals surface area contributed by atoms with Gasteiger partial charge >= 0.3 is 0 Å².